The minimum Gasteiger partial charge on any atom is -0.507 e. The van der Waals surface area contributed by atoms with Crippen molar-refractivity contribution in [3.05, 3.63) is 83.6 Å². The van der Waals surface area contributed by atoms with Crippen LogP contribution in [0.3, 0.4) is 0 Å². The molecule has 0 radical (unpaired) electrons. The molecule has 0 amide bonds. The van der Waals surface area contributed by atoms with Gasteiger partial charge in [-0.3, -0.25) is 9.54 Å². The summed E-state index contributed by atoms with van der Waals surface area (Å²) >= 11 is 0. The van der Waals surface area contributed by atoms with Gasteiger partial charge in [0.1, 0.15) is 11.5 Å². The molecule has 0 aliphatic carbocycles. The quantitative estimate of drug-likeness (QED) is 0.209. The maximum atomic E-state index is 12.9. The highest BCUT2D eigenvalue weighted by atomic mass is 35.5. The molecule has 2 heterocycles. The van der Waals surface area contributed by atoms with Crippen LogP contribution in [0.1, 0.15) is 28.4 Å². The fraction of sp³-hybridized carbons (Fsp3) is 0.231. The molecule has 0 spiro atoms. The number of aromatic nitrogens is 2. The molecule has 2 aromatic heterocycles. The first-order valence-electron chi connectivity index (χ1n) is 11.2. The third-order valence-corrected chi connectivity index (χ3v) is 6.06. The Kier molecular flexibility index (Phi) is 12.7. The number of nitrogens with zero attached hydrogens (tertiary/aromatic N) is 2. The van der Waals surface area contributed by atoms with Gasteiger partial charge in [0.25, 0.3) is 10.1 Å². The summed E-state index contributed by atoms with van der Waals surface area (Å²) in [5.74, 6) is -1.65. The van der Waals surface area contributed by atoms with E-state index in [-0.39, 0.29) is 54.8 Å². The molecule has 206 valence electrons. The predicted molar refractivity (Wildman–Crippen MR) is 153 cm³/mol. The van der Waals surface area contributed by atoms with Gasteiger partial charge in [-0.15, -0.1) is 24.8 Å². The van der Waals surface area contributed by atoms with Crippen molar-refractivity contribution < 1.29 is 27.6 Å². The van der Waals surface area contributed by atoms with Crippen molar-refractivity contribution >= 4 is 51.8 Å². The summed E-state index contributed by atoms with van der Waals surface area (Å²) in [7, 11) is -1.01. The van der Waals surface area contributed by atoms with E-state index >= 15 is 0 Å². The van der Waals surface area contributed by atoms with Gasteiger partial charge < -0.3 is 19.7 Å². The van der Waals surface area contributed by atoms with E-state index in [1.807, 2.05) is 36.4 Å². The number of rotatable bonds is 7. The summed E-state index contributed by atoms with van der Waals surface area (Å²) in [6, 6.07) is 18.7. The Morgan fingerprint density at radius 2 is 1.68 bits per heavy atom. The van der Waals surface area contributed by atoms with Crippen molar-refractivity contribution in [1.29, 1.82) is 0 Å². The largest absolute Gasteiger partial charge is 0.507 e. The Bertz CT molecular complexity index is 1420. The normalized spacial score (nSPS) is 10.5. The summed E-state index contributed by atoms with van der Waals surface area (Å²) in [5, 5.41) is 14.2. The van der Waals surface area contributed by atoms with Gasteiger partial charge in [0, 0.05) is 36.3 Å². The zero-order valence-corrected chi connectivity index (χ0v) is 23.6. The molecule has 4 aromatic rings. The van der Waals surface area contributed by atoms with Crippen LogP contribution in [0.2, 0.25) is 0 Å². The van der Waals surface area contributed by atoms with Crippen molar-refractivity contribution in [3.63, 3.8) is 0 Å². The number of phenols is 1. The molecule has 38 heavy (non-hydrogen) atoms. The van der Waals surface area contributed by atoms with Crippen LogP contribution in [-0.2, 0) is 34.2 Å². The molecule has 0 aliphatic heterocycles. The maximum Gasteiger partial charge on any atom is 0.341 e. The summed E-state index contributed by atoms with van der Waals surface area (Å²) in [5.41, 5.74) is 2.08. The third-order valence-electron chi connectivity index (χ3n) is 5.39. The lowest BCUT2D eigenvalue weighted by Crippen LogP contribution is -2.11. The number of fused-ring (bicyclic) bond motifs is 1. The summed E-state index contributed by atoms with van der Waals surface area (Å²) in [6.45, 7) is 2.00. The zero-order chi connectivity index (χ0) is 26.3. The highest BCUT2D eigenvalue weighted by molar-refractivity contribution is 7.85. The van der Waals surface area contributed by atoms with Gasteiger partial charge in [0.2, 0.25) is 0 Å². The number of nitrogens with one attached hydrogen (secondary N) is 1. The molecule has 0 bridgehead atoms. The molecule has 0 unspecified atom stereocenters. The van der Waals surface area contributed by atoms with Crippen LogP contribution in [0.5, 0.6) is 5.75 Å². The minimum absolute atomic E-state index is 0. The Balaban J connectivity index is 0.000000796. The fourth-order valence-electron chi connectivity index (χ4n) is 3.97. The lowest BCUT2D eigenvalue weighted by Gasteiger charge is -2.12. The second-order valence-electron chi connectivity index (χ2n) is 7.89. The summed E-state index contributed by atoms with van der Waals surface area (Å²) in [6.07, 6.45) is 1.59. The Morgan fingerprint density at radius 1 is 1.08 bits per heavy atom. The molecule has 4 rings (SSSR count). The number of carbonyl (C=O) groups excluding carboxylic acids is 1. The third kappa shape index (κ3) is 7.68. The van der Waals surface area contributed by atoms with Crippen LogP contribution in [0, 0.1) is 0 Å². The van der Waals surface area contributed by atoms with Gasteiger partial charge in [-0.1, -0.05) is 42.5 Å². The zero-order valence-electron chi connectivity index (χ0n) is 21.1. The molecule has 12 heteroatoms. The average Bonchev–Trinajstić information content (AvgIpc) is 3.15. The van der Waals surface area contributed by atoms with Gasteiger partial charge in [-0.05, 0) is 32.2 Å². The Morgan fingerprint density at radius 3 is 2.16 bits per heavy atom. The second-order valence-corrected chi connectivity index (χ2v) is 9.34. The molecular weight excluding hydrogens is 553 g/mol. The molecule has 0 saturated carbocycles. The average molecular weight is 585 g/mol. The standard InChI is InChI=1S/C20H23N3O6S.C6H6.2ClH/c1-4-29-20(25)17-16-13(10-21-2)19(24)12(11-30(26,27)28)9-15(16)23(3)18(17)14-7-5-6-8-22-14;1-2-4-6-5-3-1;;/h5-9,21,24H,4,10-11H2,1-3H3,(H,26,27,28);1-6H;2*1H. The van der Waals surface area contributed by atoms with Gasteiger partial charge in [-0.25, -0.2) is 4.79 Å². The maximum absolute atomic E-state index is 12.9. The lowest BCUT2D eigenvalue weighted by atomic mass is 9.99. The van der Waals surface area contributed by atoms with E-state index in [9.17, 15) is 22.9 Å². The van der Waals surface area contributed by atoms with Gasteiger partial charge in [0.15, 0.2) is 0 Å². The van der Waals surface area contributed by atoms with Gasteiger partial charge in [-0.2, -0.15) is 8.42 Å². The number of benzene rings is 2. The topological polar surface area (TPSA) is 131 Å². The predicted octanol–water partition coefficient (Wildman–Crippen LogP) is 4.76. The number of hydrogen-bond acceptors (Lipinski definition) is 7. The first-order valence-corrected chi connectivity index (χ1v) is 12.8. The Hall–Kier alpha value is -3.15. The number of esters is 1. The van der Waals surface area contributed by atoms with Crippen molar-refractivity contribution in [2.75, 3.05) is 13.7 Å². The number of ether oxygens (including phenoxy) is 1. The lowest BCUT2D eigenvalue weighted by molar-refractivity contribution is 0.0529. The molecule has 0 aliphatic rings. The number of pyridine rings is 1. The van der Waals surface area contributed by atoms with Crippen LogP contribution in [-0.4, -0.2) is 47.3 Å². The van der Waals surface area contributed by atoms with Crippen LogP contribution in [0.25, 0.3) is 22.3 Å². The van der Waals surface area contributed by atoms with E-state index in [0.29, 0.717) is 27.9 Å². The number of carbonyl (C=O) groups is 1. The minimum atomic E-state index is -4.39. The highest BCUT2D eigenvalue weighted by Gasteiger charge is 2.29. The van der Waals surface area contributed by atoms with Crippen LogP contribution >= 0.6 is 24.8 Å². The van der Waals surface area contributed by atoms with Crippen molar-refractivity contribution in [3.8, 4) is 17.1 Å². The van der Waals surface area contributed by atoms with Crippen LogP contribution in [0.4, 0.5) is 0 Å². The summed E-state index contributed by atoms with van der Waals surface area (Å²) < 4.78 is 39.2. The van der Waals surface area contributed by atoms with Crippen molar-refractivity contribution in [1.82, 2.24) is 14.9 Å². The molecule has 0 fully saturated rings. The SMILES string of the molecule is CCOC(=O)c1c(-c2ccccn2)n(C)c2cc(CS(=O)(=O)O)c(O)c(CNC)c12.Cl.Cl.c1ccccc1. The number of aromatic hydroxyl groups is 1. The molecule has 0 saturated heterocycles. The van der Waals surface area contributed by atoms with Crippen LogP contribution in [0.15, 0.2) is 66.9 Å². The van der Waals surface area contributed by atoms with E-state index < -0.39 is 21.8 Å². The molecule has 0 atom stereocenters. The number of hydrogen-bond donors (Lipinski definition) is 3. The molecule has 9 nitrogen and oxygen atoms in total. The van der Waals surface area contributed by atoms with E-state index in [2.05, 4.69) is 10.3 Å². The molecule has 3 N–H and O–H groups in total. The number of aryl methyl sites for hydroxylation is 1. The monoisotopic (exact) mass is 583 g/mol. The molecular formula is C26H31Cl2N3O6S. The van der Waals surface area contributed by atoms with Crippen molar-refractivity contribution in [2.24, 2.45) is 7.05 Å². The van der Waals surface area contributed by atoms with Crippen LogP contribution < -0.4 is 5.32 Å². The fourth-order valence-corrected chi connectivity index (χ4v) is 4.58. The number of phenolic OH excluding ortho intramolecular Hbond substituents is 1. The van der Waals surface area contributed by atoms with Gasteiger partial charge in [0.05, 0.1) is 29.1 Å². The van der Waals surface area contributed by atoms with Crippen molar-refractivity contribution in [2.45, 2.75) is 19.2 Å². The van der Waals surface area contributed by atoms with E-state index in [4.69, 9.17) is 4.74 Å². The first kappa shape index (κ1) is 32.9. The van der Waals surface area contributed by atoms with E-state index in [1.54, 1.807) is 50.0 Å². The number of halogens is 2. The Labute approximate surface area is 234 Å². The molecule has 2 aromatic carbocycles. The highest BCUT2D eigenvalue weighted by Crippen LogP contribution is 2.40. The first-order chi connectivity index (χ1) is 17.2. The smallest absolute Gasteiger partial charge is 0.341 e. The summed E-state index contributed by atoms with van der Waals surface area (Å²) in [4.78, 5) is 17.3. The second kappa shape index (κ2) is 14.7. The van der Waals surface area contributed by atoms with Gasteiger partial charge >= 0.3 is 5.97 Å². The van der Waals surface area contributed by atoms with E-state index in [1.165, 1.54) is 6.07 Å². The van der Waals surface area contributed by atoms with E-state index in [0.717, 1.165) is 0 Å².